The molecular formula is C20H25N5OS. The number of likely N-dealkylation sites (N-methyl/N-ethyl adjacent to an activating group) is 1. The zero-order valence-corrected chi connectivity index (χ0v) is 16.8. The molecule has 2 aromatic heterocycles. The van der Waals surface area contributed by atoms with Crippen LogP contribution in [0.15, 0.2) is 23.6 Å². The third kappa shape index (κ3) is 3.61. The summed E-state index contributed by atoms with van der Waals surface area (Å²) >= 11 is 1.70. The van der Waals surface area contributed by atoms with Gasteiger partial charge in [0.05, 0.1) is 12.8 Å². The molecule has 3 aromatic rings. The fraction of sp³-hybridized carbons (Fsp3) is 0.450. The lowest BCUT2D eigenvalue weighted by molar-refractivity contribution is 0.226. The van der Waals surface area contributed by atoms with E-state index in [2.05, 4.69) is 49.8 Å². The highest BCUT2D eigenvalue weighted by Gasteiger charge is 2.20. The van der Waals surface area contributed by atoms with Gasteiger partial charge in [-0.25, -0.2) is 4.98 Å². The van der Waals surface area contributed by atoms with Crippen LogP contribution in [0.5, 0.6) is 5.75 Å². The number of thiophene rings is 1. The van der Waals surface area contributed by atoms with E-state index >= 15 is 0 Å². The summed E-state index contributed by atoms with van der Waals surface area (Å²) in [7, 11) is 1.70. The molecule has 7 heteroatoms. The monoisotopic (exact) mass is 383 g/mol. The number of anilines is 1. The molecule has 1 aliphatic rings. The third-order valence-corrected chi connectivity index (χ3v) is 6.07. The smallest absolute Gasteiger partial charge is 0.243 e. The number of hydrogen-bond donors (Lipinski definition) is 1. The number of fused-ring (bicyclic) bond motifs is 1. The van der Waals surface area contributed by atoms with Crippen LogP contribution in [0.1, 0.15) is 25.5 Å². The number of likely N-dealkylation sites (tertiary alicyclic amines) is 1. The Labute approximate surface area is 163 Å². The van der Waals surface area contributed by atoms with Crippen molar-refractivity contribution in [2.45, 2.75) is 32.7 Å². The Morgan fingerprint density at radius 3 is 2.96 bits per heavy atom. The average molecular weight is 384 g/mol. The quantitative estimate of drug-likeness (QED) is 0.719. The van der Waals surface area contributed by atoms with E-state index in [1.807, 2.05) is 13.0 Å². The molecule has 0 unspecified atom stereocenters. The molecule has 1 aliphatic heterocycles. The number of aromatic nitrogens is 3. The van der Waals surface area contributed by atoms with E-state index in [0.717, 1.165) is 47.6 Å². The predicted octanol–water partition coefficient (Wildman–Crippen LogP) is 3.97. The van der Waals surface area contributed by atoms with Crippen LogP contribution in [0.4, 0.5) is 5.95 Å². The molecule has 1 atom stereocenters. The number of ether oxygens (including phenoxy) is 1. The average Bonchev–Trinajstić information content (AvgIpc) is 3.16. The van der Waals surface area contributed by atoms with Gasteiger partial charge in [-0.05, 0) is 56.4 Å². The summed E-state index contributed by atoms with van der Waals surface area (Å²) in [6, 6.07) is 6.61. The molecule has 1 fully saturated rings. The fourth-order valence-corrected chi connectivity index (χ4v) is 4.57. The van der Waals surface area contributed by atoms with Crippen LogP contribution in [-0.4, -0.2) is 52.9 Å². The third-order valence-electron chi connectivity index (χ3n) is 5.19. The Morgan fingerprint density at radius 1 is 1.30 bits per heavy atom. The number of nitrogens with zero attached hydrogens (tertiary/aromatic N) is 4. The molecule has 6 nitrogen and oxygen atoms in total. The lowest BCUT2D eigenvalue weighted by Gasteiger charge is -2.32. The molecule has 0 bridgehead atoms. The number of hydrogen-bond acceptors (Lipinski definition) is 7. The maximum absolute atomic E-state index is 5.69. The molecule has 142 valence electrons. The van der Waals surface area contributed by atoms with Crippen molar-refractivity contribution in [3.63, 3.8) is 0 Å². The second kappa shape index (κ2) is 7.78. The number of rotatable bonds is 5. The standard InChI is InChI=1S/C20H25N5OS/c1-4-25-10-5-6-14(12-25)22-20-21-13(2)18(23-24-20)16-7-8-17-15(9-11-27-17)19(16)26-3/h7-9,11,14H,4-6,10,12H2,1-3H3,(H,21,22,24)/t14-/m1/s1. The molecule has 0 saturated carbocycles. The van der Waals surface area contributed by atoms with Gasteiger partial charge in [0.15, 0.2) is 0 Å². The molecule has 27 heavy (non-hydrogen) atoms. The number of nitrogens with one attached hydrogen (secondary N) is 1. The van der Waals surface area contributed by atoms with Gasteiger partial charge in [-0.15, -0.1) is 21.5 Å². The van der Waals surface area contributed by atoms with Crippen molar-refractivity contribution in [2.75, 3.05) is 32.1 Å². The Kier molecular flexibility index (Phi) is 5.22. The number of methoxy groups -OCH3 is 1. The van der Waals surface area contributed by atoms with E-state index in [1.54, 1.807) is 18.4 Å². The SMILES string of the molecule is CCN1CCC[C@@H](Nc2nnc(-c3ccc4sccc4c3OC)c(C)n2)C1. The van der Waals surface area contributed by atoms with Gasteiger partial charge in [0, 0.05) is 28.2 Å². The van der Waals surface area contributed by atoms with Crippen LogP contribution >= 0.6 is 11.3 Å². The molecule has 0 radical (unpaired) electrons. The summed E-state index contributed by atoms with van der Waals surface area (Å²) in [6.07, 6.45) is 2.34. The molecule has 1 N–H and O–H groups in total. The number of aryl methyl sites for hydroxylation is 1. The summed E-state index contributed by atoms with van der Waals surface area (Å²) in [6.45, 7) is 7.47. The minimum atomic E-state index is 0.377. The Bertz CT molecular complexity index is 941. The van der Waals surface area contributed by atoms with Gasteiger partial charge in [-0.3, -0.25) is 0 Å². The fourth-order valence-electron chi connectivity index (χ4n) is 3.78. The second-order valence-electron chi connectivity index (χ2n) is 6.92. The second-order valence-corrected chi connectivity index (χ2v) is 7.87. The summed E-state index contributed by atoms with van der Waals surface area (Å²) in [5.74, 6) is 1.44. The molecule has 3 heterocycles. The van der Waals surface area contributed by atoms with E-state index in [0.29, 0.717) is 12.0 Å². The van der Waals surface area contributed by atoms with E-state index in [9.17, 15) is 0 Å². The van der Waals surface area contributed by atoms with Crippen molar-refractivity contribution in [1.82, 2.24) is 20.1 Å². The maximum Gasteiger partial charge on any atom is 0.243 e. The van der Waals surface area contributed by atoms with Crippen LogP contribution < -0.4 is 10.1 Å². The van der Waals surface area contributed by atoms with Crippen molar-refractivity contribution in [3.05, 3.63) is 29.3 Å². The highest BCUT2D eigenvalue weighted by molar-refractivity contribution is 7.17. The highest BCUT2D eigenvalue weighted by Crippen LogP contribution is 2.38. The van der Waals surface area contributed by atoms with E-state index in [-0.39, 0.29) is 0 Å². The largest absolute Gasteiger partial charge is 0.495 e. The van der Waals surface area contributed by atoms with Crippen molar-refractivity contribution >= 4 is 27.4 Å². The first-order valence-electron chi connectivity index (χ1n) is 9.44. The first kappa shape index (κ1) is 18.1. The van der Waals surface area contributed by atoms with Gasteiger partial charge < -0.3 is 15.0 Å². The van der Waals surface area contributed by atoms with Gasteiger partial charge in [-0.1, -0.05) is 6.92 Å². The molecule has 0 aliphatic carbocycles. The minimum absolute atomic E-state index is 0.377. The van der Waals surface area contributed by atoms with Crippen LogP contribution in [0, 0.1) is 6.92 Å². The number of piperidine rings is 1. The molecule has 1 aromatic carbocycles. The number of benzene rings is 1. The van der Waals surface area contributed by atoms with Gasteiger partial charge >= 0.3 is 0 Å². The Hall–Kier alpha value is -2.25. The van der Waals surface area contributed by atoms with Crippen molar-refractivity contribution in [1.29, 1.82) is 0 Å². The van der Waals surface area contributed by atoms with E-state index in [1.165, 1.54) is 17.7 Å². The van der Waals surface area contributed by atoms with Gasteiger partial charge in [0.1, 0.15) is 11.4 Å². The normalized spacial score (nSPS) is 18.0. The van der Waals surface area contributed by atoms with E-state index < -0.39 is 0 Å². The summed E-state index contributed by atoms with van der Waals surface area (Å²) < 4.78 is 6.89. The summed E-state index contributed by atoms with van der Waals surface area (Å²) in [5, 5.41) is 15.5. The van der Waals surface area contributed by atoms with Crippen LogP contribution in [0.25, 0.3) is 21.3 Å². The zero-order valence-electron chi connectivity index (χ0n) is 16.0. The van der Waals surface area contributed by atoms with E-state index in [4.69, 9.17) is 4.74 Å². The van der Waals surface area contributed by atoms with Crippen LogP contribution in [0.2, 0.25) is 0 Å². The molecule has 0 amide bonds. The summed E-state index contributed by atoms with van der Waals surface area (Å²) in [5.41, 5.74) is 2.55. The summed E-state index contributed by atoms with van der Waals surface area (Å²) in [4.78, 5) is 7.14. The Balaban J connectivity index is 1.61. The van der Waals surface area contributed by atoms with Gasteiger partial charge in [-0.2, -0.15) is 0 Å². The maximum atomic E-state index is 5.69. The minimum Gasteiger partial charge on any atom is -0.495 e. The Morgan fingerprint density at radius 2 is 2.19 bits per heavy atom. The highest BCUT2D eigenvalue weighted by atomic mass is 32.1. The van der Waals surface area contributed by atoms with Crippen molar-refractivity contribution in [3.8, 4) is 17.0 Å². The van der Waals surface area contributed by atoms with Gasteiger partial charge in [0.25, 0.3) is 0 Å². The predicted molar refractivity (Wildman–Crippen MR) is 111 cm³/mol. The molecular weight excluding hydrogens is 358 g/mol. The zero-order chi connectivity index (χ0) is 18.8. The first-order chi connectivity index (χ1) is 13.2. The molecule has 1 saturated heterocycles. The van der Waals surface area contributed by atoms with Crippen molar-refractivity contribution < 1.29 is 4.74 Å². The molecule has 4 rings (SSSR count). The topological polar surface area (TPSA) is 63.2 Å². The lowest BCUT2D eigenvalue weighted by Crippen LogP contribution is -2.42. The van der Waals surface area contributed by atoms with Gasteiger partial charge in [0.2, 0.25) is 5.95 Å². The lowest BCUT2D eigenvalue weighted by atomic mass is 10.1. The first-order valence-corrected chi connectivity index (χ1v) is 10.3. The van der Waals surface area contributed by atoms with Crippen LogP contribution in [0.3, 0.4) is 0 Å². The van der Waals surface area contributed by atoms with Crippen LogP contribution in [-0.2, 0) is 0 Å². The van der Waals surface area contributed by atoms with Crippen molar-refractivity contribution in [2.24, 2.45) is 0 Å². The molecule has 0 spiro atoms.